The monoisotopic (exact) mass is 528 g/mol. The highest BCUT2D eigenvalue weighted by Crippen LogP contribution is 2.33. The summed E-state index contributed by atoms with van der Waals surface area (Å²) in [5, 5.41) is 4.21. The number of carbonyl (C=O) groups excluding carboxylic acids is 1. The van der Waals surface area contributed by atoms with Gasteiger partial charge in [-0.1, -0.05) is 48.0 Å². The van der Waals surface area contributed by atoms with Crippen LogP contribution in [0.15, 0.2) is 83.8 Å². The van der Waals surface area contributed by atoms with Gasteiger partial charge in [-0.05, 0) is 41.8 Å². The predicted octanol–water partition coefficient (Wildman–Crippen LogP) is 5.48. The number of rotatable bonds is 8. The molecule has 0 radical (unpaired) electrons. The van der Waals surface area contributed by atoms with E-state index in [0.29, 0.717) is 11.4 Å². The molecule has 1 N–H and O–H groups in total. The highest BCUT2D eigenvalue weighted by Gasteiger charge is 2.29. The normalized spacial score (nSPS) is 11.2. The number of amides is 1. The van der Waals surface area contributed by atoms with Gasteiger partial charge in [-0.15, -0.1) is 0 Å². The van der Waals surface area contributed by atoms with Gasteiger partial charge in [0.05, 0.1) is 29.8 Å². The molecule has 0 aliphatic carbocycles. The second kappa shape index (κ2) is 10.4. The van der Waals surface area contributed by atoms with E-state index in [9.17, 15) is 17.6 Å². The second-order valence-corrected chi connectivity index (χ2v) is 9.97. The zero-order valence-electron chi connectivity index (χ0n) is 19.4. The molecule has 4 aromatic rings. The first-order chi connectivity index (χ1) is 17.2. The van der Waals surface area contributed by atoms with Crippen molar-refractivity contribution in [3.05, 3.63) is 89.7 Å². The Morgan fingerprint density at radius 2 is 1.67 bits per heavy atom. The van der Waals surface area contributed by atoms with Crippen molar-refractivity contribution < 1.29 is 27.1 Å². The molecule has 7 nitrogen and oxygen atoms in total. The van der Waals surface area contributed by atoms with Gasteiger partial charge >= 0.3 is 0 Å². The zero-order chi connectivity index (χ0) is 25.9. The van der Waals surface area contributed by atoms with Gasteiger partial charge in [0, 0.05) is 17.1 Å². The lowest BCUT2D eigenvalue weighted by atomic mass is 10.1. The van der Waals surface area contributed by atoms with Gasteiger partial charge < -0.3 is 14.8 Å². The Kier molecular flexibility index (Phi) is 7.32. The van der Waals surface area contributed by atoms with E-state index in [0.717, 1.165) is 27.2 Å². The summed E-state index contributed by atoms with van der Waals surface area (Å²) in [5.41, 5.74) is 0.544. The molecule has 0 heterocycles. The molecular weight excluding hydrogens is 507 g/mol. The fourth-order valence-electron chi connectivity index (χ4n) is 3.71. The number of benzene rings is 4. The number of nitrogens with one attached hydrogen (secondary N) is 1. The van der Waals surface area contributed by atoms with Gasteiger partial charge in [0.25, 0.3) is 10.0 Å². The fourth-order valence-corrected chi connectivity index (χ4v) is 5.32. The quantitative estimate of drug-likeness (QED) is 0.327. The molecule has 0 spiro atoms. The number of ether oxygens (including phenoxy) is 2. The van der Waals surface area contributed by atoms with Crippen molar-refractivity contribution in [3.63, 3.8) is 0 Å². The number of anilines is 2. The molecule has 0 bridgehead atoms. The third-order valence-electron chi connectivity index (χ3n) is 5.49. The van der Waals surface area contributed by atoms with Gasteiger partial charge in [0.2, 0.25) is 5.91 Å². The molecule has 0 aliphatic heterocycles. The molecular formula is C26H22ClFN2O5S. The summed E-state index contributed by atoms with van der Waals surface area (Å²) in [4.78, 5) is 13.0. The maximum Gasteiger partial charge on any atom is 0.264 e. The highest BCUT2D eigenvalue weighted by molar-refractivity contribution is 7.92. The van der Waals surface area contributed by atoms with Crippen LogP contribution in [0.1, 0.15) is 0 Å². The Labute approximate surface area is 213 Å². The van der Waals surface area contributed by atoms with Gasteiger partial charge in [-0.2, -0.15) is 0 Å². The van der Waals surface area contributed by atoms with Crippen molar-refractivity contribution in [2.24, 2.45) is 0 Å². The maximum absolute atomic E-state index is 13.9. The van der Waals surface area contributed by atoms with Crippen LogP contribution in [0.4, 0.5) is 15.8 Å². The number of hydrogen-bond donors (Lipinski definition) is 1. The molecule has 0 atom stereocenters. The fraction of sp³-hybridized carbons (Fsp3) is 0.115. The van der Waals surface area contributed by atoms with Crippen LogP contribution < -0.4 is 19.1 Å². The Balaban J connectivity index is 1.73. The van der Waals surface area contributed by atoms with Crippen molar-refractivity contribution in [2.75, 3.05) is 30.4 Å². The topological polar surface area (TPSA) is 84.9 Å². The highest BCUT2D eigenvalue weighted by atomic mass is 35.5. The molecule has 0 aromatic heterocycles. The van der Waals surface area contributed by atoms with Crippen molar-refractivity contribution in [2.45, 2.75) is 4.90 Å². The molecule has 0 saturated heterocycles. The van der Waals surface area contributed by atoms with Crippen LogP contribution >= 0.6 is 11.6 Å². The third-order valence-corrected chi connectivity index (χ3v) is 7.54. The number of methoxy groups -OCH3 is 2. The Hall–Kier alpha value is -3.82. The van der Waals surface area contributed by atoms with E-state index in [1.165, 1.54) is 38.5 Å². The van der Waals surface area contributed by atoms with Gasteiger partial charge in [-0.25, -0.2) is 12.8 Å². The average Bonchev–Trinajstić information content (AvgIpc) is 2.88. The van der Waals surface area contributed by atoms with Crippen molar-refractivity contribution >= 4 is 49.7 Å². The summed E-state index contributed by atoms with van der Waals surface area (Å²) in [7, 11) is -1.51. The van der Waals surface area contributed by atoms with E-state index in [2.05, 4.69) is 5.32 Å². The van der Waals surface area contributed by atoms with Crippen molar-refractivity contribution in [1.29, 1.82) is 0 Å². The minimum absolute atomic E-state index is 0.0178. The lowest BCUT2D eigenvalue weighted by Gasteiger charge is -2.25. The van der Waals surface area contributed by atoms with Crippen LogP contribution in [-0.4, -0.2) is 35.1 Å². The Morgan fingerprint density at radius 3 is 2.39 bits per heavy atom. The van der Waals surface area contributed by atoms with Crippen LogP contribution in [0.5, 0.6) is 11.5 Å². The summed E-state index contributed by atoms with van der Waals surface area (Å²) in [6.45, 7) is -0.595. The number of nitrogens with zero attached hydrogens (tertiary/aromatic N) is 1. The van der Waals surface area contributed by atoms with Gasteiger partial charge in [-0.3, -0.25) is 9.10 Å². The zero-order valence-corrected chi connectivity index (χ0v) is 20.9. The van der Waals surface area contributed by atoms with E-state index in [1.54, 1.807) is 12.1 Å². The number of halogens is 2. The third kappa shape index (κ3) is 5.07. The molecule has 0 unspecified atom stereocenters. The molecule has 4 aromatic carbocycles. The first kappa shape index (κ1) is 25.3. The van der Waals surface area contributed by atoms with E-state index < -0.39 is 28.3 Å². The van der Waals surface area contributed by atoms with Crippen LogP contribution in [0.25, 0.3) is 10.8 Å². The lowest BCUT2D eigenvalue weighted by molar-refractivity contribution is -0.114. The first-order valence-corrected chi connectivity index (χ1v) is 12.5. The number of fused-ring (bicyclic) bond motifs is 1. The average molecular weight is 529 g/mol. The van der Waals surface area contributed by atoms with Crippen molar-refractivity contribution in [1.82, 2.24) is 0 Å². The van der Waals surface area contributed by atoms with Gasteiger partial charge in [0.15, 0.2) is 11.5 Å². The lowest BCUT2D eigenvalue weighted by Crippen LogP contribution is -2.38. The predicted molar refractivity (Wildman–Crippen MR) is 138 cm³/mol. The van der Waals surface area contributed by atoms with E-state index in [1.807, 2.05) is 30.3 Å². The van der Waals surface area contributed by atoms with Crippen molar-refractivity contribution in [3.8, 4) is 11.5 Å². The molecule has 0 fully saturated rings. The summed E-state index contributed by atoms with van der Waals surface area (Å²) in [6.07, 6.45) is 0. The minimum Gasteiger partial charge on any atom is -0.493 e. The minimum atomic E-state index is -4.32. The Morgan fingerprint density at radius 1 is 0.944 bits per heavy atom. The molecule has 0 aliphatic rings. The molecule has 10 heteroatoms. The molecule has 186 valence electrons. The molecule has 1 amide bonds. The summed E-state index contributed by atoms with van der Waals surface area (Å²) >= 11 is 5.94. The van der Waals surface area contributed by atoms with Gasteiger partial charge in [0.1, 0.15) is 12.4 Å². The summed E-state index contributed by atoms with van der Waals surface area (Å²) in [6, 6.07) is 20.4. The summed E-state index contributed by atoms with van der Waals surface area (Å²) in [5.74, 6) is -0.794. The largest absolute Gasteiger partial charge is 0.493 e. The second-order valence-electron chi connectivity index (χ2n) is 7.70. The van der Waals surface area contributed by atoms with Crippen LogP contribution in [-0.2, 0) is 14.8 Å². The first-order valence-electron chi connectivity index (χ1n) is 10.7. The number of carbonyl (C=O) groups is 1. The smallest absolute Gasteiger partial charge is 0.264 e. The van der Waals surface area contributed by atoms with E-state index >= 15 is 0 Å². The van der Waals surface area contributed by atoms with Crippen LogP contribution in [0, 0.1) is 5.82 Å². The standard InChI is InChI=1S/C26H22ClFN2O5S/c1-34-24-13-11-19(15-25(24)35-2)36(32,33)30(18-10-12-22(28)21(27)14-18)16-26(31)29-23-9-5-7-17-6-3-4-8-20(17)23/h3-15H,16H2,1-2H3,(H,29,31). The molecule has 0 saturated carbocycles. The van der Waals surface area contributed by atoms with E-state index in [4.69, 9.17) is 21.1 Å². The van der Waals surface area contributed by atoms with E-state index in [-0.39, 0.29) is 21.4 Å². The SMILES string of the molecule is COc1ccc(S(=O)(=O)N(CC(=O)Nc2cccc3ccccc23)c2ccc(F)c(Cl)c2)cc1OC. The number of hydrogen-bond acceptors (Lipinski definition) is 5. The molecule has 4 rings (SSSR count). The summed E-state index contributed by atoms with van der Waals surface area (Å²) < 4.78 is 52.6. The maximum atomic E-state index is 13.9. The molecule has 36 heavy (non-hydrogen) atoms. The van der Waals surface area contributed by atoms with Crippen LogP contribution in [0.2, 0.25) is 5.02 Å². The number of sulfonamides is 1. The Bertz CT molecular complexity index is 1540. The van der Waals surface area contributed by atoms with Crippen LogP contribution in [0.3, 0.4) is 0 Å².